The van der Waals surface area contributed by atoms with Crippen molar-refractivity contribution in [1.29, 1.82) is 5.26 Å². The van der Waals surface area contributed by atoms with E-state index in [1.54, 1.807) is 0 Å². The van der Waals surface area contributed by atoms with Gasteiger partial charge in [0.05, 0.1) is 0 Å². The van der Waals surface area contributed by atoms with Crippen LogP contribution in [0.5, 0.6) is 0 Å². The van der Waals surface area contributed by atoms with Crippen LogP contribution in [-0.2, 0) is 12.6 Å². The van der Waals surface area contributed by atoms with Crippen molar-refractivity contribution in [3.05, 3.63) is 0 Å². The maximum absolute atomic E-state index is 7.13. The van der Waals surface area contributed by atoms with Gasteiger partial charge in [-0.25, -0.2) is 5.26 Å². The van der Waals surface area contributed by atoms with Crippen molar-refractivity contribution in [3.8, 4) is 5.40 Å². The van der Waals surface area contributed by atoms with Gasteiger partial charge in [0.25, 0.3) is 0 Å². The lowest BCUT2D eigenvalue weighted by atomic mass is 11.8. The van der Waals surface area contributed by atoms with Crippen LogP contribution in [-0.4, -0.2) is 0 Å². The lowest BCUT2D eigenvalue weighted by Crippen LogP contribution is -1.15. The Morgan fingerprint density at radius 2 is 1.75 bits per heavy atom. The van der Waals surface area contributed by atoms with E-state index in [1.807, 2.05) is 0 Å². The van der Waals surface area contributed by atoms with E-state index in [9.17, 15) is 0 Å². The highest BCUT2D eigenvalue weighted by atomic mass is 35.5. The SMILES string of the molecule is N#C[S-].[Cl]. The molecule has 0 saturated carbocycles. The number of rotatable bonds is 0. The van der Waals surface area contributed by atoms with Gasteiger partial charge in [0.15, 0.2) is 0 Å². The first kappa shape index (κ1) is 9.00. The van der Waals surface area contributed by atoms with Crippen molar-refractivity contribution in [2.45, 2.75) is 0 Å². The number of nitriles is 1. The zero-order valence-corrected chi connectivity index (χ0v) is 3.31. The molecule has 0 aliphatic rings. The molecule has 3 heteroatoms. The van der Waals surface area contributed by atoms with Crippen LogP contribution in [0.25, 0.3) is 0 Å². The predicted octanol–water partition coefficient (Wildman–Crippen LogP) is 0.704. The maximum atomic E-state index is 7.13. The molecule has 0 N–H and O–H groups in total. The molecule has 4 heavy (non-hydrogen) atoms. The lowest BCUT2D eigenvalue weighted by molar-refractivity contribution is 1.57. The molecule has 0 amide bonds. The molecule has 0 spiro atoms. The molecule has 0 bridgehead atoms. The predicted molar refractivity (Wildman–Crippen MR) is 18.8 cm³/mol. The molecule has 0 unspecified atom stereocenters. The quantitative estimate of drug-likeness (QED) is 0.325. The first-order valence-electron chi connectivity index (χ1n) is 0.428. The van der Waals surface area contributed by atoms with Crippen LogP contribution in [0.1, 0.15) is 0 Å². The van der Waals surface area contributed by atoms with E-state index in [0.29, 0.717) is 0 Å². The van der Waals surface area contributed by atoms with Gasteiger partial charge in [-0.1, -0.05) is 5.40 Å². The Morgan fingerprint density at radius 3 is 1.75 bits per heavy atom. The zero-order valence-electron chi connectivity index (χ0n) is 1.73. The average Bonchev–Trinajstić information content (AvgIpc) is 0.918. The van der Waals surface area contributed by atoms with Crippen LogP contribution in [0.2, 0.25) is 0 Å². The molecule has 23 valence electrons. The number of halogens is 1. The van der Waals surface area contributed by atoms with Crippen LogP contribution in [0, 0.1) is 10.7 Å². The Balaban J connectivity index is 0. The fourth-order valence-corrected chi connectivity index (χ4v) is 0. The van der Waals surface area contributed by atoms with Crippen LogP contribution in [0.4, 0.5) is 0 Å². The maximum Gasteiger partial charge on any atom is 0 e. The largest absolute Gasteiger partial charge is 0.696 e. The Labute approximate surface area is 36.4 Å². The second-order valence-corrected chi connectivity index (χ2v) is 0.274. The molecule has 0 fully saturated rings. The molecule has 0 aromatic rings. The van der Waals surface area contributed by atoms with Gasteiger partial charge < -0.3 is 12.6 Å². The van der Waals surface area contributed by atoms with Crippen LogP contribution in [0.15, 0.2) is 0 Å². The first-order chi connectivity index (χ1) is 1.41. The van der Waals surface area contributed by atoms with Gasteiger partial charge in [-0.05, 0) is 0 Å². The lowest BCUT2D eigenvalue weighted by Gasteiger charge is -1.53. The minimum atomic E-state index is 0. The summed E-state index contributed by atoms with van der Waals surface area (Å²) in [5.74, 6) is 0. The van der Waals surface area contributed by atoms with Gasteiger partial charge in [-0.3, -0.25) is 0 Å². The number of thiocyanates is 1. The molecule has 0 aliphatic heterocycles. The summed E-state index contributed by atoms with van der Waals surface area (Å²) in [5, 5.41) is 8.47. The molecular formula is CClNS-. The zero-order chi connectivity index (χ0) is 2.71. The van der Waals surface area contributed by atoms with E-state index in [2.05, 4.69) is 12.6 Å². The van der Waals surface area contributed by atoms with E-state index in [1.165, 1.54) is 5.40 Å². The molecule has 0 heterocycles. The molecule has 0 aromatic carbocycles. The number of hydrogen-bond acceptors (Lipinski definition) is 2. The summed E-state index contributed by atoms with van der Waals surface area (Å²) in [6, 6.07) is 0. The highest BCUT2D eigenvalue weighted by molar-refractivity contribution is 7.64. The Morgan fingerprint density at radius 1 is 1.75 bits per heavy atom. The standard InChI is InChI=1S/CHNS.Cl/c2-1-3;/h3H;/p-1. The van der Waals surface area contributed by atoms with Gasteiger partial charge in [-0.15, -0.1) is 0 Å². The fraction of sp³-hybridized carbons (Fsp3) is 0. The van der Waals surface area contributed by atoms with Gasteiger partial charge >= 0.3 is 0 Å². The van der Waals surface area contributed by atoms with E-state index in [4.69, 9.17) is 5.26 Å². The first-order valence-corrected chi connectivity index (χ1v) is 0.836. The Hall–Kier alpha value is -0.0000000000000000555. The van der Waals surface area contributed by atoms with E-state index in [0.717, 1.165) is 0 Å². The van der Waals surface area contributed by atoms with Gasteiger partial charge in [0.2, 0.25) is 0 Å². The van der Waals surface area contributed by atoms with Crippen LogP contribution in [0.3, 0.4) is 0 Å². The highest BCUT2D eigenvalue weighted by Gasteiger charge is 0.867. The summed E-state index contributed by atoms with van der Waals surface area (Å²) >= 11 is 3.70. The Bertz CT molecular complexity index is 29.5. The van der Waals surface area contributed by atoms with Gasteiger partial charge in [-0.2, -0.15) is 0 Å². The minimum absolute atomic E-state index is 0. The molecule has 0 rings (SSSR count). The third-order valence-corrected chi connectivity index (χ3v) is 0. The van der Waals surface area contributed by atoms with Crippen molar-refractivity contribution in [2.24, 2.45) is 0 Å². The van der Waals surface area contributed by atoms with Crippen molar-refractivity contribution < 1.29 is 0 Å². The molecule has 1 radical (unpaired) electrons. The molecule has 1 nitrogen and oxygen atoms in total. The van der Waals surface area contributed by atoms with E-state index >= 15 is 0 Å². The molecule has 0 aliphatic carbocycles. The molecular weight excluding hydrogens is 93.5 g/mol. The van der Waals surface area contributed by atoms with Crippen LogP contribution < -0.4 is 0 Å². The summed E-state index contributed by atoms with van der Waals surface area (Å²) in [6.45, 7) is 0. The second-order valence-electron chi connectivity index (χ2n) is 0.0913. The summed E-state index contributed by atoms with van der Waals surface area (Å²) in [5.41, 5.74) is 0. The normalized spacial score (nSPS) is 1.75. The third-order valence-electron chi connectivity index (χ3n) is 0. The Kier molecular flexibility index (Phi) is 27.0. The number of hydrogen-bond donors (Lipinski definition) is 0. The van der Waals surface area contributed by atoms with Gasteiger partial charge in [0.1, 0.15) is 0 Å². The summed E-state index contributed by atoms with van der Waals surface area (Å²) < 4.78 is 0. The van der Waals surface area contributed by atoms with E-state index in [-0.39, 0.29) is 12.4 Å². The van der Waals surface area contributed by atoms with E-state index < -0.39 is 0 Å². The third kappa shape index (κ3) is 648999999999999968713550176714752. The van der Waals surface area contributed by atoms with Crippen molar-refractivity contribution in [3.63, 3.8) is 0 Å². The topological polar surface area (TPSA) is 23.8 Å². The second kappa shape index (κ2) is 12.0. The van der Waals surface area contributed by atoms with Gasteiger partial charge in [0, 0.05) is 12.4 Å². The fourth-order valence-electron chi connectivity index (χ4n) is 0. The summed E-state index contributed by atoms with van der Waals surface area (Å²) in [4.78, 5) is 0. The molecule has 0 saturated heterocycles. The number of nitrogens with zero attached hydrogens (tertiary/aromatic N) is 1. The van der Waals surface area contributed by atoms with Crippen molar-refractivity contribution >= 4 is 25.0 Å². The van der Waals surface area contributed by atoms with Crippen molar-refractivity contribution in [1.82, 2.24) is 0 Å². The van der Waals surface area contributed by atoms with Crippen LogP contribution >= 0.6 is 12.4 Å². The monoisotopic (exact) mass is 92.9 g/mol. The smallest absolute Gasteiger partial charge is 0 e. The molecule has 0 atom stereocenters. The molecule has 0 aromatic heterocycles. The van der Waals surface area contributed by atoms with Crippen molar-refractivity contribution in [2.75, 3.05) is 0 Å². The minimum Gasteiger partial charge on any atom is -0.696 e. The summed E-state index contributed by atoms with van der Waals surface area (Å²) in [7, 11) is 0. The highest BCUT2D eigenvalue weighted by Crippen LogP contribution is 1.16. The average molecular weight is 93.5 g/mol. The summed E-state index contributed by atoms with van der Waals surface area (Å²) in [6.07, 6.45) is 0.